The number of nitrogens with zero attached hydrogens (tertiary/aromatic N) is 3. The lowest BCUT2D eigenvalue weighted by molar-refractivity contribution is -0.136. The van der Waals surface area contributed by atoms with Crippen molar-refractivity contribution in [1.82, 2.24) is 20.3 Å². The Bertz CT molecular complexity index is 559. The minimum atomic E-state index is -0.817. The highest BCUT2D eigenvalue weighted by Gasteiger charge is 2.14. The Balaban J connectivity index is 1.85. The smallest absolute Gasteiger partial charge is 0.316 e. The molecule has 0 aliphatic rings. The van der Waals surface area contributed by atoms with Gasteiger partial charge in [-0.25, -0.2) is 9.97 Å². The van der Waals surface area contributed by atoms with E-state index in [1.54, 1.807) is 30.5 Å². The second-order valence-corrected chi connectivity index (χ2v) is 3.53. The molecular weight excluding hydrogens is 246 g/mol. The van der Waals surface area contributed by atoms with Crippen molar-refractivity contribution >= 4 is 17.8 Å². The van der Waals surface area contributed by atoms with Gasteiger partial charge in [0.05, 0.1) is 12.2 Å². The largest absolute Gasteiger partial charge is 0.342 e. The zero-order valence-corrected chi connectivity index (χ0v) is 9.91. The highest BCUT2D eigenvalue weighted by molar-refractivity contribution is 6.39. The molecular formula is C12H11N5O2. The van der Waals surface area contributed by atoms with Gasteiger partial charge in [-0.2, -0.15) is 0 Å². The van der Waals surface area contributed by atoms with Gasteiger partial charge in [-0.1, -0.05) is 6.07 Å². The Kier molecular flexibility index (Phi) is 4.12. The van der Waals surface area contributed by atoms with Crippen molar-refractivity contribution in [2.24, 2.45) is 0 Å². The molecule has 2 aromatic rings. The molecule has 7 heteroatoms. The number of carbonyl (C=O) groups is 2. The molecule has 0 atom stereocenters. The summed E-state index contributed by atoms with van der Waals surface area (Å²) in [6, 6.07) is 6.92. The average molecular weight is 257 g/mol. The average Bonchev–Trinajstić information content (AvgIpc) is 2.47. The Hall–Kier alpha value is -2.83. The molecule has 19 heavy (non-hydrogen) atoms. The van der Waals surface area contributed by atoms with Crippen LogP contribution >= 0.6 is 0 Å². The first-order chi connectivity index (χ1) is 9.25. The van der Waals surface area contributed by atoms with Crippen LogP contribution in [0.3, 0.4) is 0 Å². The number of carbonyl (C=O) groups excluding carboxylic acids is 2. The quantitative estimate of drug-likeness (QED) is 0.761. The van der Waals surface area contributed by atoms with Crippen molar-refractivity contribution in [2.75, 3.05) is 5.32 Å². The first-order valence-corrected chi connectivity index (χ1v) is 5.52. The number of nitrogens with one attached hydrogen (secondary N) is 2. The second kappa shape index (κ2) is 6.20. The molecule has 0 aromatic carbocycles. The van der Waals surface area contributed by atoms with Crippen molar-refractivity contribution in [3.63, 3.8) is 0 Å². The van der Waals surface area contributed by atoms with Gasteiger partial charge in [0.15, 0.2) is 0 Å². The number of rotatable bonds is 3. The number of amides is 2. The van der Waals surface area contributed by atoms with Gasteiger partial charge in [-0.3, -0.25) is 19.9 Å². The van der Waals surface area contributed by atoms with E-state index in [-0.39, 0.29) is 12.5 Å². The molecule has 2 heterocycles. The molecule has 0 aliphatic heterocycles. The van der Waals surface area contributed by atoms with Crippen molar-refractivity contribution in [2.45, 2.75) is 6.54 Å². The van der Waals surface area contributed by atoms with Gasteiger partial charge in [0.25, 0.3) is 0 Å². The molecule has 7 nitrogen and oxygen atoms in total. The summed E-state index contributed by atoms with van der Waals surface area (Å²) in [5.74, 6) is -1.50. The van der Waals surface area contributed by atoms with Crippen LogP contribution < -0.4 is 10.6 Å². The third-order valence-electron chi connectivity index (χ3n) is 2.15. The van der Waals surface area contributed by atoms with Crippen LogP contribution in [-0.2, 0) is 16.1 Å². The summed E-state index contributed by atoms with van der Waals surface area (Å²) in [6.07, 6.45) is 4.54. The highest BCUT2D eigenvalue weighted by Crippen LogP contribution is 1.95. The molecule has 0 spiro atoms. The number of hydrogen-bond acceptors (Lipinski definition) is 5. The lowest BCUT2D eigenvalue weighted by atomic mass is 10.3. The van der Waals surface area contributed by atoms with E-state index in [1.807, 2.05) is 0 Å². The maximum absolute atomic E-state index is 11.5. The third-order valence-corrected chi connectivity index (χ3v) is 2.15. The molecule has 0 aliphatic carbocycles. The Morgan fingerprint density at radius 1 is 0.947 bits per heavy atom. The van der Waals surface area contributed by atoms with E-state index in [9.17, 15) is 9.59 Å². The fourth-order valence-electron chi connectivity index (χ4n) is 1.28. The highest BCUT2D eigenvalue weighted by atomic mass is 16.2. The van der Waals surface area contributed by atoms with Crippen molar-refractivity contribution < 1.29 is 9.59 Å². The van der Waals surface area contributed by atoms with Gasteiger partial charge in [-0.05, 0) is 18.2 Å². The lowest BCUT2D eigenvalue weighted by Crippen LogP contribution is -2.35. The molecule has 2 N–H and O–H groups in total. The maximum Gasteiger partial charge on any atom is 0.316 e. The van der Waals surface area contributed by atoms with Crippen molar-refractivity contribution in [1.29, 1.82) is 0 Å². The molecule has 0 unspecified atom stereocenters. The normalized spacial score (nSPS) is 9.68. The minimum Gasteiger partial charge on any atom is -0.342 e. The Morgan fingerprint density at radius 2 is 1.68 bits per heavy atom. The van der Waals surface area contributed by atoms with Crippen LogP contribution in [0.1, 0.15) is 5.69 Å². The van der Waals surface area contributed by atoms with Gasteiger partial charge in [-0.15, -0.1) is 0 Å². The van der Waals surface area contributed by atoms with Gasteiger partial charge in [0.1, 0.15) is 0 Å². The second-order valence-electron chi connectivity index (χ2n) is 3.53. The SMILES string of the molecule is O=C(NCc1ccccn1)C(=O)Nc1ncccn1. The molecule has 0 radical (unpaired) electrons. The lowest BCUT2D eigenvalue weighted by Gasteiger charge is -2.04. The van der Waals surface area contributed by atoms with Crippen LogP contribution in [-0.4, -0.2) is 26.8 Å². The van der Waals surface area contributed by atoms with E-state index in [1.165, 1.54) is 12.4 Å². The third kappa shape index (κ3) is 3.84. The zero-order chi connectivity index (χ0) is 13.5. The monoisotopic (exact) mass is 257 g/mol. The van der Waals surface area contributed by atoms with Gasteiger partial charge >= 0.3 is 11.8 Å². The minimum absolute atomic E-state index is 0.0838. The van der Waals surface area contributed by atoms with Crippen LogP contribution in [0.15, 0.2) is 42.9 Å². The predicted molar refractivity (Wildman–Crippen MR) is 66.7 cm³/mol. The predicted octanol–water partition coefficient (Wildman–Crippen LogP) is 0.126. The molecule has 0 saturated carbocycles. The zero-order valence-electron chi connectivity index (χ0n) is 9.91. The fourth-order valence-corrected chi connectivity index (χ4v) is 1.28. The molecule has 2 rings (SSSR count). The first-order valence-electron chi connectivity index (χ1n) is 5.52. The van der Waals surface area contributed by atoms with E-state index in [4.69, 9.17) is 0 Å². The van der Waals surface area contributed by atoms with Crippen LogP contribution in [0.4, 0.5) is 5.95 Å². The van der Waals surface area contributed by atoms with E-state index in [0.29, 0.717) is 5.69 Å². The van der Waals surface area contributed by atoms with Crippen molar-refractivity contribution in [3.8, 4) is 0 Å². The molecule has 2 aromatic heterocycles. The summed E-state index contributed by atoms with van der Waals surface area (Å²) < 4.78 is 0. The summed E-state index contributed by atoms with van der Waals surface area (Å²) in [4.78, 5) is 34.6. The van der Waals surface area contributed by atoms with E-state index in [0.717, 1.165) is 0 Å². The molecule has 2 amide bonds. The van der Waals surface area contributed by atoms with Crippen LogP contribution in [0, 0.1) is 0 Å². The summed E-state index contributed by atoms with van der Waals surface area (Å²) in [5, 5.41) is 4.73. The molecule has 0 bridgehead atoms. The number of aromatic nitrogens is 3. The summed E-state index contributed by atoms with van der Waals surface area (Å²) >= 11 is 0. The van der Waals surface area contributed by atoms with Crippen LogP contribution in [0.25, 0.3) is 0 Å². The molecule has 0 fully saturated rings. The topological polar surface area (TPSA) is 96.9 Å². The first kappa shape index (κ1) is 12.6. The summed E-state index contributed by atoms with van der Waals surface area (Å²) in [6.45, 7) is 0.183. The standard InChI is InChI=1S/C12H11N5O2/c18-10(16-8-9-4-1-2-5-13-9)11(19)17-12-14-6-3-7-15-12/h1-7H,8H2,(H,16,18)(H,14,15,17,19). The van der Waals surface area contributed by atoms with E-state index in [2.05, 4.69) is 25.6 Å². The fraction of sp³-hybridized carbons (Fsp3) is 0.0833. The summed E-state index contributed by atoms with van der Waals surface area (Å²) in [7, 11) is 0. The maximum atomic E-state index is 11.5. The molecule has 96 valence electrons. The van der Waals surface area contributed by atoms with Gasteiger partial charge in [0, 0.05) is 18.6 Å². The number of pyridine rings is 1. The molecule has 0 saturated heterocycles. The number of hydrogen-bond donors (Lipinski definition) is 2. The number of anilines is 1. The van der Waals surface area contributed by atoms with E-state index < -0.39 is 11.8 Å². The van der Waals surface area contributed by atoms with Crippen LogP contribution in [0.2, 0.25) is 0 Å². The van der Waals surface area contributed by atoms with Crippen LogP contribution in [0.5, 0.6) is 0 Å². The Labute approximate surface area is 109 Å². The Morgan fingerprint density at radius 3 is 2.37 bits per heavy atom. The van der Waals surface area contributed by atoms with Crippen molar-refractivity contribution in [3.05, 3.63) is 48.5 Å². The van der Waals surface area contributed by atoms with Gasteiger partial charge < -0.3 is 5.32 Å². The van der Waals surface area contributed by atoms with Gasteiger partial charge in [0.2, 0.25) is 5.95 Å². The van der Waals surface area contributed by atoms with E-state index >= 15 is 0 Å². The summed E-state index contributed by atoms with van der Waals surface area (Å²) in [5.41, 5.74) is 0.666.